The minimum Gasteiger partial charge on any atom is -0.495 e. The third-order valence-corrected chi connectivity index (χ3v) is 4.99. The van der Waals surface area contributed by atoms with Crippen LogP contribution in [0.5, 0.6) is 5.75 Å². The van der Waals surface area contributed by atoms with Crippen LogP contribution in [0.15, 0.2) is 42.5 Å². The normalized spacial score (nSPS) is 16.7. The molecule has 1 aliphatic rings. The molecule has 0 saturated carbocycles. The van der Waals surface area contributed by atoms with Gasteiger partial charge in [-0.1, -0.05) is 41.4 Å². The first-order chi connectivity index (χ1) is 12.5. The number of hydrogen-bond donors (Lipinski definition) is 1. The number of nitrogens with one attached hydrogen (secondary N) is 1. The summed E-state index contributed by atoms with van der Waals surface area (Å²) in [5, 5.41) is 3.83. The number of amides is 2. The van der Waals surface area contributed by atoms with E-state index < -0.39 is 5.92 Å². The Morgan fingerprint density at radius 1 is 1.23 bits per heavy atom. The van der Waals surface area contributed by atoms with Gasteiger partial charge >= 0.3 is 0 Å². The van der Waals surface area contributed by atoms with Crippen molar-refractivity contribution in [2.75, 3.05) is 19.0 Å². The number of carbonyl (C=O) groups excluding carboxylic acids is 2. The Bertz CT molecular complexity index is 841. The Balaban J connectivity index is 1.63. The van der Waals surface area contributed by atoms with Crippen LogP contribution in [0, 0.1) is 5.92 Å². The lowest BCUT2D eigenvalue weighted by molar-refractivity contribution is -0.128. The third-order valence-electron chi connectivity index (χ3n) is 4.32. The molecule has 0 spiro atoms. The Kier molecular flexibility index (Phi) is 5.69. The molecule has 2 aromatic rings. The van der Waals surface area contributed by atoms with Gasteiger partial charge < -0.3 is 15.0 Å². The summed E-state index contributed by atoms with van der Waals surface area (Å²) < 4.78 is 5.09. The lowest BCUT2D eigenvalue weighted by atomic mass is 10.1. The molecule has 5 nitrogen and oxygen atoms in total. The highest BCUT2D eigenvalue weighted by molar-refractivity contribution is 6.32. The maximum Gasteiger partial charge on any atom is 0.229 e. The van der Waals surface area contributed by atoms with Gasteiger partial charge in [0.2, 0.25) is 11.8 Å². The molecule has 7 heteroatoms. The number of rotatable bonds is 5. The Morgan fingerprint density at radius 2 is 2.00 bits per heavy atom. The summed E-state index contributed by atoms with van der Waals surface area (Å²) in [6.45, 7) is 0.760. The number of nitrogens with zero attached hydrogens (tertiary/aromatic N) is 1. The zero-order valence-corrected chi connectivity index (χ0v) is 15.7. The van der Waals surface area contributed by atoms with E-state index in [1.807, 2.05) is 18.2 Å². The van der Waals surface area contributed by atoms with E-state index in [4.69, 9.17) is 27.9 Å². The third kappa shape index (κ3) is 4.11. The van der Waals surface area contributed by atoms with Crippen molar-refractivity contribution < 1.29 is 14.3 Å². The van der Waals surface area contributed by atoms with Gasteiger partial charge in [0.1, 0.15) is 5.75 Å². The van der Waals surface area contributed by atoms with E-state index in [9.17, 15) is 9.59 Å². The number of halogens is 2. The molecule has 1 atom stereocenters. The molecule has 0 bridgehead atoms. The van der Waals surface area contributed by atoms with E-state index in [2.05, 4.69) is 5.32 Å². The number of methoxy groups -OCH3 is 1. The number of likely N-dealkylation sites (tertiary alicyclic amines) is 1. The minimum absolute atomic E-state index is 0.0576. The molecule has 1 heterocycles. The van der Waals surface area contributed by atoms with Crippen LogP contribution >= 0.6 is 23.2 Å². The predicted octanol–water partition coefficient (Wildman–Crippen LogP) is 3.99. The summed E-state index contributed by atoms with van der Waals surface area (Å²) in [6, 6.07) is 12.4. The molecule has 1 fully saturated rings. The van der Waals surface area contributed by atoms with Gasteiger partial charge in [-0.05, 0) is 29.8 Å². The van der Waals surface area contributed by atoms with E-state index >= 15 is 0 Å². The first-order valence-corrected chi connectivity index (χ1v) is 8.89. The standard InChI is InChI=1S/C19H18Cl2N2O3/c1-26-17-7-6-14(9-16(17)21)22-19(25)13-8-18(24)23(11-13)10-12-4-2-3-5-15(12)20/h2-7,9,13H,8,10-11H2,1H3,(H,22,25)/t13-/m1/s1. The summed E-state index contributed by atoms with van der Waals surface area (Å²) in [7, 11) is 1.52. The molecule has 26 heavy (non-hydrogen) atoms. The number of hydrogen-bond acceptors (Lipinski definition) is 3. The smallest absolute Gasteiger partial charge is 0.229 e. The molecule has 1 aliphatic heterocycles. The van der Waals surface area contributed by atoms with Crippen molar-refractivity contribution in [1.29, 1.82) is 0 Å². The van der Waals surface area contributed by atoms with Crippen molar-refractivity contribution in [1.82, 2.24) is 4.90 Å². The monoisotopic (exact) mass is 392 g/mol. The Hall–Kier alpha value is -2.24. The zero-order valence-electron chi connectivity index (χ0n) is 14.2. The molecular formula is C19H18Cl2N2O3. The van der Waals surface area contributed by atoms with Gasteiger partial charge in [0.05, 0.1) is 18.1 Å². The first kappa shape index (κ1) is 18.5. The lowest BCUT2D eigenvalue weighted by Crippen LogP contribution is -2.28. The lowest BCUT2D eigenvalue weighted by Gasteiger charge is -2.17. The van der Waals surface area contributed by atoms with E-state index in [0.717, 1.165) is 5.56 Å². The second kappa shape index (κ2) is 7.98. The maximum absolute atomic E-state index is 12.5. The van der Waals surface area contributed by atoms with Crippen molar-refractivity contribution in [3.05, 3.63) is 58.1 Å². The van der Waals surface area contributed by atoms with Crippen molar-refractivity contribution in [2.45, 2.75) is 13.0 Å². The molecule has 136 valence electrons. The van der Waals surface area contributed by atoms with Crippen LogP contribution in [0.2, 0.25) is 10.0 Å². The van der Waals surface area contributed by atoms with Crippen LogP contribution < -0.4 is 10.1 Å². The summed E-state index contributed by atoms with van der Waals surface area (Å²) in [6.07, 6.45) is 0.181. The number of carbonyl (C=O) groups is 2. The van der Waals surface area contributed by atoms with Gasteiger partial charge in [-0.2, -0.15) is 0 Å². The van der Waals surface area contributed by atoms with E-state index in [1.165, 1.54) is 7.11 Å². The van der Waals surface area contributed by atoms with Gasteiger partial charge in [-0.3, -0.25) is 9.59 Å². The van der Waals surface area contributed by atoms with Crippen molar-refractivity contribution >= 4 is 40.7 Å². The highest BCUT2D eigenvalue weighted by Gasteiger charge is 2.34. The molecule has 0 radical (unpaired) electrons. The molecule has 3 rings (SSSR count). The Labute approximate surface area is 161 Å². The van der Waals surface area contributed by atoms with E-state index in [-0.39, 0.29) is 18.2 Å². The largest absolute Gasteiger partial charge is 0.495 e. The summed E-state index contributed by atoms with van der Waals surface area (Å²) >= 11 is 12.2. The van der Waals surface area contributed by atoms with Crippen LogP contribution in [-0.2, 0) is 16.1 Å². The average molecular weight is 393 g/mol. The van der Waals surface area contributed by atoms with Gasteiger partial charge in [0.15, 0.2) is 0 Å². The van der Waals surface area contributed by atoms with Crippen LogP contribution in [0.25, 0.3) is 0 Å². The SMILES string of the molecule is COc1ccc(NC(=O)[C@@H]2CC(=O)N(Cc3ccccc3Cl)C2)cc1Cl. The van der Waals surface area contributed by atoms with Crippen LogP contribution in [0.4, 0.5) is 5.69 Å². The second-order valence-electron chi connectivity index (χ2n) is 6.11. The van der Waals surface area contributed by atoms with Gasteiger partial charge in [0.25, 0.3) is 0 Å². The predicted molar refractivity (Wildman–Crippen MR) is 102 cm³/mol. The summed E-state index contributed by atoms with van der Waals surface area (Å²) in [5.41, 5.74) is 1.43. The average Bonchev–Trinajstić information content (AvgIpc) is 2.98. The highest BCUT2D eigenvalue weighted by atomic mass is 35.5. The molecular weight excluding hydrogens is 375 g/mol. The highest BCUT2D eigenvalue weighted by Crippen LogP contribution is 2.28. The van der Waals surface area contributed by atoms with Gasteiger partial charge in [-0.25, -0.2) is 0 Å². The van der Waals surface area contributed by atoms with Crippen molar-refractivity contribution in [3.63, 3.8) is 0 Å². The molecule has 1 N–H and O–H groups in total. The number of ether oxygens (including phenoxy) is 1. The fourth-order valence-electron chi connectivity index (χ4n) is 2.92. The fourth-order valence-corrected chi connectivity index (χ4v) is 3.37. The quantitative estimate of drug-likeness (QED) is 0.836. The maximum atomic E-state index is 12.5. The summed E-state index contributed by atoms with van der Waals surface area (Å²) in [5.74, 6) is -0.142. The van der Waals surface area contributed by atoms with Gasteiger partial charge in [-0.15, -0.1) is 0 Å². The van der Waals surface area contributed by atoms with Crippen LogP contribution in [-0.4, -0.2) is 30.4 Å². The van der Waals surface area contributed by atoms with Crippen molar-refractivity contribution in [2.24, 2.45) is 5.92 Å². The molecule has 1 saturated heterocycles. The minimum atomic E-state index is -0.411. The molecule has 0 unspecified atom stereocenters. The van der Waals surface area contributed by atoms with Crippen molar-refractivity contribution in [3.8, 4) is 5.75 Å². The molecule has 2 amide bonds. The fraction of sp³-hybridized carbons (Fsp3) is 0.263. The van der Waals surface area contributed by atoms with Crippen LogP contribution in [0.3, 0.4) is 0 Å². The topological polar surface area (TPSA) is 58.6 Å². The molecule has 0 aliphatic carbocycles. The zero-order chi connectivity index (χ0) is 18.7. The Morgan fingerprint density at radius 3 is 2.69 bits per heavy atom. The van der Waals surface area contributed by atoms with E-state index in [1.54, 1.807) is 29.2 Å². The second-order valence-corrected chi connectivity index (χ2v) is 6.92. The number of anilines is 1. The molecule has 2 aromatic carbocycles. The van der Waals surface area contributed by atoms with Crippen LogP contribution in [0.1, 0.15) is 12.0 Å². The molecule has 0 aromatic heterocycles. The number of benzene rings is 2. The first-order valence-electron chi connectivity index (χ1n) is 8.13. The van der Waals surface area contributed by atoms with E-state index in [0.29, 0.717) is 34.6 Å². The summed E-state index contributed by atoms with van der Waals surface area (Å²) in [4.78, 5) is 26.4. The van der Waals surface area contributed by atoms with Gasteiger partial charge in [0, 0.05) is 30.2 Å².